The van der Waals surface area contributed by atoms with Gasteiger partial charge in [0.05, 0.1) is 11.1 Å². The van der Waals surface area contributed by atoms with Gasteiger partial charge in [0.1, 0.15) is 10.8 Å². The van der Waals surface area contributed by atoms with Crippen LogP contribution in [0.4, 0.5) is 0 Å². The van der Waals surface area contributed by atoms with Gasteiger partial charge in [-0.2, -0.15) is 0 Å². The van der Waals surface area contributed by atoms with Gasteiger partial charge < -0.3 is 9.64 Å². The average molecular weight is 289 g/mol. The molecule has 1 amide bonds. The maximum absolute atomic E-state index is 12.3. The molecule has 4 nitrogen and oxygen atoms in total. The first kappa shape index (κ1) is 13.6. The van der Waals surface area contributed by atoms with Gasteiger partial charge in [-0.3, -0.25) is 4.79 Å². The summed E-state index contributed by atoms with van der Waals surface area (Å²) in [6.45, 7) is 3.80. The molecule has 0 saturated carbocycles. The lowest BCUT2D eigenvalue weighted by Crippen LogP contribution is -2.36. The number of aromatic nitrogens is 1. The second-order valence-corrected chi connectivity index (χ2v) is 5.04. The molecular formula is C12H14Cl2N2O2. The minimum atomic E-state index is -0.195. The topological polar surface area (TPSA) is 42.4 Å². The number of rotatable bonds is 1. The molecule has 0 aliphatic carbocycles. The summed E-state index contributed by atoms with van der Waals surface area (Å²) in [4.78, 5) is 18.1. The van der Waals surface area contributed by atoms with Crippen LogP contribution in [0.25, 0.3) is 0 Å². The molecule has 1 saturated heterocycles. The fraction of sp³-hybridized carbons (Fsp3) is 0.500. The quantitative estimate of drug-likeness (QED) is 0.746. The van der Waals surface area contributed by atoms with Crippen LogP contribution >= 0.6 is 23.2 Å². The zero-order valence-corrected chi connectivity index (χ0v) is 11.5. The fourth-order valence-corrected chi connectivity index (χ4v) is 2.23. The zero-order valence-electron chi connectivity index (χ0n) is 10.0. The molecule has 0 spiro atoms. The van der Waals surface area contributed by atoms with E-state index in [1.807, 2.05) is 6.92 Å². The molecule has 0 aromatic carbocycles. The highest BCUT2D eigenvalue weighted by Crippen LogP contribution is 2.19. The van der Waals surface area contributed by atoms with Crippen LogP contribution in [-0.2, 0) is 4.74 Å². The molecular weight excluding hydrogens is 275 g/mol. The fourth-order valence-electron chi connectivity index (χ4n) is 1.90. The van der Waals surface area contributed by atoms with E-state index in [2.05, 4.69) is 4.98 Å². The van der Waals surface area contributed by atoms with Gasteiger partial charge >= 0.3 is 0 Å². The Morgan fingerprint density at radius 3 is 3.06 bits per heavy atom. The summed E-state index contributed by atoms with van der Waals surface area (Å²) in [5.41, 5.74) is 0.207. The van der Waals surface area contributed by atoms with Crippen molar-refractivity contribution in [2.45, 2.75) is 19.4 Å². The Bertz CT molecular complexity index is 454. The number of hydrogen-bond acceptors (Lipinski definition) is 3. The third-order valence-electron chi connectivity index (χ3n) is 2.75. The van der Waals surface area contributed by atoms with E-state index in [-0.39, 0.29) is 22.9 Å². The molecule has 2 rings (SSSR count). The first-order chi connectivity index (χ1) is 8.58. The Labute approximate surface area is 116 Å². The molecule has 1 aromatic rings. The Morgan fingerprint density at radius 2 is 2.28 bits per heavy atom. The van der Waals surface area contributed by atoms with Crippen LogP contribution in [0, 0.1) is 0 Å². The lowest BCUT2D eigenvalue weighted by molar-refractivity contribution is 0.0559. The number of halogens is 2. The molecule has 1 aromatic heterocycles. The van der Waals surface area contributed by atoms with Gasteiger partial charge in [0, 0.05) is 19.7 Å². The Hall–Kier alpha value is -0.840. The molecule has 18 heavy (non-hydrogen) atoms. The summed E-state index contributed by atoms with van der Waals surface area (Å²) < 4.78 is 5.50. The number of pyridine rings is 1. The SMILES string of the molecule is CC1CN(C(=O)c2nc(Cl)ccc2Cl)CCCO1. The smallest absolute Gasteiger partial charge is 0.274 e. The Morgan fingerprint density at radius 1 is 1.50 bits per heavy atom. The van der Waals surface area contributed by atoms with Crippen LogP contribution in [0.5, 0.6) is 0 Å². The summed E-state index contributed by atoms with van der Waals surface area (Å²) in [6, 6.07) is 3.15. The van der Waals surface area contributed by atoms with Gasteiger partial charge in [-0.05, 0) is 25.5 Å². The Balaban J connectivity index is 2.21. The molecule has 6 heteroatoms. The summed E-state index contributed by atoms with van der Waals surface area (Å²) in [6.07, 6.45) is 0.836. The van der Waals surface area contributed by atoms with E-state index in [4.69, 9.17) is 27.9 Å². The standard InChI is InChI=1S/C12H14Cl2N2O2/c1-8-7-16(5-2-6-18-8)12(17)11-9(13)3-4-10(14)15-11/h3-4,8H,2,5-7H2,1H3. The highest BCUT2D eigenvalue weighted by atomic mass is 35.5. The lowest BCUT2D eigenvalue weighted by atomic mass is 10.2. The van der Waals surface area contributed by atoms with E-state index < -0.39 is 0 Å². The highest BCUT2D eigenvalue weighted by Gasteiger charge is 2.23. The van der Waals surface area contributed by atoms with Crippen molar-refractivity contribution in [1.29, 1.82) is 0 Å². The van der Waals surface area contributed by atoms with E-state index in [1.165, 1.54) is 0 Å². The van der Waals surface area contributed by atoms with Crippen molar-refractivity contribution in [1.82, 2.24) is 9.88 Å². The second-order valence-electron chi connectivity index (χ2n) is 4.25. The van der Waals surface area contributed by atoms with Crippen molar-refractivity contribution >= 4 is 29.1 Å². The first-order valence-corrected chi connectivity index (χ1v) is 6.56. The molecule has 1 atom stereocenters. The average Bonchev–Trinajstić information content (AvgIpc) is 2.56. The minimum Gasteiger partial charge on any atom is -0.377 e. The monoisotopic (exact) mass is 288 g/mol. The van der Waals surface area contributed by atoms with E-state index >= 15 is 0 Å². The van der Waals surface area contributed by atoms with Crippen LogP contribution in [0.15, 0.2) is 12.1 Å². The van der Waals surface area contributed by atoms with Crippen molar-refractivity contribution in [3.8, 4) is 0 Å². The second kappa shape index (κ2) is 5.87. The molecule has 1 fully saturated rings. The summed E-state index contributed by atoms with van der Waals surface area (Å²) in [7, 11) is 0. The van der Waals surface area contributed by atoms with Gasteiger partial charge in [0.2, 0.25) is 0 Å². The van der Waals surface area contributed by atoms with E-state index in [0.717, 1.165) is 6.42 Å². The number of nitrogens with zero attached hydrogens (tertiary/aromatic N) is 2. The molecule has 1 aliphatic rings. The molecule has 98 valence electrons. The molecule has 2 heterocycles. The van der Waals surface area contributed by atoms with Crippen molar-refractivity contribution < 1.29 is 9.53 Å². The third kappa shape index (κ3) is 3.13. The number of carbonyl (C=O) groups excluding carboxylic acids is 1. The predicted octanol–water partition coefficient (Wildman–Crippen LogP) is 2.64. The number of amides is 1. The minimum absolute atomic E-state index is 0.0226. The summed E-state index contributed by atoms with van der Waals surface area (Å²) >= 11 is 11.8. The van der Waals surface area contributed by atoms with E-state index in [0.29, 0.717) is 24.7 Å². The van der Waals surface area contributed by atoms with Crippen molar-refractivity contribution in [3.05, 3.63) is 28.0 Å². The summed E-state index contributed by atoms with van der Waals surface area (Å²) in [5.74, 6) is -0.195. The number of carbonyl (C=O) groups is 1. The number of ether oxygens (including phenoxy) is 1. The maximum atomic E-state index is 12.3. The molecule has 0 radical (unpaired) electrons. The molecule has 1 aliphatic heterocycles. The third-order valence-corrected chi connectivity index (χ3v) is 3.27. The zero-order chi connectivity index (χ0) is 13.1. The Kier molecular flexibility index (Phi) is 4.43. The molecule has 1 unspecified atom stereocenters. The largest absolute Gasteiger partial charge is 0.377 e. The molecule has 0 bridgehead atoms. The van der Waals surface area contributed by atoms with Gasteiger partial charge in [0.15, 0.2) is 0 Å². The van der Waals surface area contributed by atoms with Crippen LogP contribution in [-0.4, -0.2) is 41.6 Å². The van der Waals surface area contributed by atoms with Crippen LogP contribution in [0.3, 0.4) is 0 Å². The first-order valence-electron chi connectivity index (χ1n) is 5.81. The van der Waals surface area contributed by atoms with Crippen LogP contribution in [0.2, 0.25) is 10.2 Å². The van der Waals surface area contributed by atoms with Gasteiger partial charge in [-0.25, -0.2) is 4.98 Å². The maximum Gasteiger partial charge on any atom is 0.274 e. The van der Waals surface area contributed by atoms with Crippen molar-refractivity contribution in [2.75, 3.05) is 19.7 Å². The summed E-state index contributed by atoms with van der Waals surface area (Å²) in [5, 5.41) is 0.587. The van der Waals surface area contributed by atoms with Gasteiger partial charge in [0.25, 0.3) is 5.91 Å². The normalized spacial score (nSPS) is 20.6. The lowest BCUT2D eigenvalue weighted by Gasteiger charge is -2.22. The van der Waals surface area contributed by atoms with Gasteiger partial charge in [-0.1, -0.05) is 23.2 Å². The van der Waals surface area contributed by atoms with Gasteiger partial charge in [-0.15, -0.1) is 0 Å². The van der Waals surface area contributed by atoms with E-state index in [9.17, 15) is 4.79 Å². The highest BCUT2D eigenvalue weighted by molar-refractivity contribution is 6.34. The van der Waals surface area contributed by atoms with Crippen molar-refractivity contribution in [2.24, 2.45) is 0 Å². The number of hydrogen-bond donors (Lipinski definition) is 0. The van der Waals surface area contributed by atoms with Crippen LogP contribution in [0.1, 0.15) is 23.8 Å². The molecule has 0 N–H and O–H groups in total. The van der Waals surface area contributed by atoms with Crippen molar-refractivity contribution in [3.63, 3.8) is 0 Å². The van der Waals surface area contributed by atoms with Crippen LogP contribution < -0.4 is 0 Å². The van der Waals surface area contributed by atoms with E-state index in [1.54, 1.807) is 17.0 Å². The predicted molar refractivity (Wildman–Crippen MR) is 70.2 cm³/mol.